The van der Waals surface area contributed by atoms with Crippen LogP contribution in [-0.2, 0) is 4.74 Å². The van der Waals surface area contributed by atoms with Gasteiger partial charge in [-0.1, -0.05) is 6.08 Å². The first kappa shape index (κ1) is 11.7. The first-order valence-electron chi connectivity index (χ1n) is 5.21. The van der Waals surface area contributed by atoms with Gasteiger partial charge >= 0.3 is 0 Å². The van der Waals surface area contributed by atoms with Gasteiger partial charge in [0.05, 0.1) is 19.3 Å². The van der Waals surface area contributed by atoms with E-state index in [1.165, 1.54) is 0 Å². The summed E-state index contributed by atoms with van der Waals surface area (Å²) in [6, 6.07) is 0. The van der Waals surface area contributed by atoms with Crippen molar-refractivity contribution in [2.24, 2.45) is 0 Å². The van der Waals surface area contributed by atoms with Crippen LogP contribution in [0.5, 0.6) is 0 Å². The van der Waals surface area contributed by atoms with E-state index in [1.807, 2.05) is 0 Å². The van der Waals surface area contributed by atoms with Gasteiger partial charge in [-0.05, 0) is 20.3 Å². The van der Waals surface area contributed by atoms with E-state index in [-0.39, 0.29) is 11.6 Å². The maximum atomic E-state index is 9.98. The third-order valence-corrected chi connectivity index (χ3v) is 3.03. The molecule has 0 radical (unpaired) electrons. The minimum atomic E-state index is -0.349. The summed E-state index contributed by atoms with van der Waals surface area (Å²) in [5.41, 5.74) is -0.183. The van der Waals surface area contributed by atoms with E-state index < -0.39 is 0 Å². The Morgan fingerprint density at radius 3 is 2.57 bits per heavy atom. The Balaban J connectivity index is 2.56. The molecule has 0 bridgehead atoms. The molecule has 82 valence electrons. The summed E-state index contributed by atoms with van der Waals surface area (Å²) in [6.45, 7) is 11.2. The molecule has 14 heavy (non-hydrogen) atoms. The monoisotopic (exact) mass is 199 g/mol. The van der Waals surface area contributed by atoms with Gasteiger partial charge in [-0.3, -0.25) is 4.90 Å². The van der Waals surface area contributed by atoms with E-state index in [9.17, 15) is 5.11 Å². The Hall–Kier alpha value is -0.380. The molecule has 0 saturated carbocycles. The molecule has 1 rings (SSSR count). The standard InChI is InChI=1S/C11H21NO2/c1-4-5-10(13)11(2,3)12-6-8-14-9-7-12/h4,10,13H,1,5-9H2,2-3H3. The van der Waals surface area contributed by atoms with Crippen molar-refractivity contribution in [1.29, 1.82) is 0 Å². The van der Waals surface area contributed by atoms with Crippen LogP contribution in [0.4, 0.5) is 0 Å². The quantitative estimate of drug-likeness (QED) is 0.687. The smallest absolute Gasteiger partial charge is 0.0752 e. The molecule has 0 aliphatic carbocycles. The van der Waals surface area contributed by atoms with E-state index in [1.54, 1.807) is 6.08 Å². The van der Waals surface area contributed by atoms with Crippen LogP contribution in [0.2, 0.25) is 0 Å². The molecule has 3 nitrogen and oxygen atoms in total. The van der Waals surface area contributed by atoms with Gasteiger partial charge in [0.15, 0.2) is 0 Å². The molecule has 0 aromatic carbocycles. The zero-order chi connectivity index (χ0) is 10.6. The summed E-state index contributed by atoms with van der Waals surface area (Å²) in [4.78, 5) is 2.28. The topological polar surface area (TPSA) is 32.7 Å². The number of nitrogens with zero attached hydrogens (tertiary/aromatic N) is 1. The van der Waals surface area contributed by atoms with Gasteiger partial charge in [-0.25, -0.2) is 0 Å². The summed E-state index contributed by atoms with van der Waals surface area (Å²) in [5, 5.41) is 9.98. The lowest BCUT2D eigenvalue weighted by Crippen LogP contribution is -2.56. The molecule has 0 aromatic rings. The minimum Gasteiger partial charge on any atom is -0.391 e. The van der Waals surface area contributed by atoms with Crippen LogP contribution in [0.3, 0.4) is 0 Å². The molecule has 3 heteroatoms. The van der Waals surface area contributed by atoms with Gasteiger partial charge in [0, 0.05) is 18.6 Å². The van der Waals surface area contributed by atoms with Crippen molar-refractivity contribution in [3.05, 3.63) is 12.7 Å². The second kappa shape index (κ2) is 4.91. The van der Waals surface area contributed by atoms with E-state index >= 15 is 0 Å². The summed E-state index contributed by atoms with van der Waals surface area (Å²) in [7, 11) is 0. The fourth-order valence-electron chi connectivity index (χ4n) is 1.80. The Labute approximate surface area is 86.4 Å². The number of hydrogen-bond acceptors (Lipinski definition) is 3. The predicted octanol–water partition coefficient (Wildman–Crippen LogP) is 1.03. The highest BCUT2D eigenvalue weighted by Crippen LogP contribution is 2.22. The SMILES string of the molecule is C=CCC(O)C(C)(C)N1CCOCC1. The molecular weight excluding hydrogens is 178 g/mol. The van der Waals surface area contributed by atoms with Crippen LogP contribution in [0, 0.1) is 0 Å². The third kappa shape index (κ3) is 2.56. The molecule has 0 amide bonds. The molecule has 1 atom stereocenters. The van der Waals surface area contributed by atoms with Crippen molar-refractivity contribution in [1.82, 2.24) is 4.90 Å². The lowest BCUT2D eigenvalue weighted by atomic mass is 9.92. The molecule has 1 saturated heterocycles. The van der Waals surface area contributed by atoms with Gasteiger partial charge in [0.2, 0.25) is 0 Å². The molecule has 1 aliphatic rings. The maximum absolute atomic E-state index is 9.98. The number of hydrogen-bond donors (Lipinski definition) is 1. The van der Waals surface area contributed by atoms with Crippen molar-refractivity contribution in [3.8, 4) is 0 Å². The number of aliphatic hydroxyl groups excluding tert-OH is 1. The summed E-state index contributed by atoms with van der Waals surface area (Å²) in [5.74, 6) is 0. The van der Waals surface area contributed by atoms with Crippen LogP contribution < -0.4 is 0 Å². The normalized spacial score (nSPS) is 21.9. The first-order chi connectivity index (χ1) is 6.59. The van der Waals surface area contributed by atoms with Gasteiger partial charge in [0.1, 0.15) is 0 Å². The fourth-order valence-corrected chi connectivity index (χ4v) is 1.80. The highest BCUT2D eigenvalue weighted by molar-refractivity contribution is 4.92. The molecular formula is C11H21NO2. The Bertz CT molecular complexity index is 186. The van der Waals surface area contributed by atoms with Gasteiger partial charge in [0.25, 0.3) is 0 Å². The van der Waals surface area contributed by atoms with Crippen molar-refractivity contribution in [2.75, 3.05) is 26.3 Å². The van der Waals surface area contributed by atoms with Crippen molar-refractivity contribution in [3.63, 3.8) is 0 Å². The summed E-state index contributed by atoms with van der Waals surface area (Å²) in [6.07, 6.45) is 2.06. The Morgan fingerprint density at radius 2 is 2.07 bits per heavy atom. The lowest BCUT2D eigenvalue weighted by Gasteiger charge is -2.43. The average molecular weight is 199 g/mol. The highest BCUT2D eigenvalue weighted by Gasteiger charge is 2.34. The maximum Gasteiger partial charge on any atom is 0.0752 e. The van der Waals surface area contributed by atoms with Crippen LogP contribution in [0.25, 0.3) is 0 Å². The van der Waals surface area contributed by atoms with Crippen LogP contribution in [-0.4, -0.2) is 48.0 Å². The third-order valence-electron chi connectivity index (χ3n) is 3.03. The van der Waals surface area contributed by atoms with Crippen molar-refractivity contribution >= 4 is 0 Å². The minimum absolute atomic E-state index is 0.183. The molecule has 0 spiro atoms. The Morgan fingerprint density at radius 1 is 1.50 bits per heavy atom. The largest absolute Gasteiger partial charge is 0.391 e. The molecule has 0 aromatic heterocycles. The van der Waals surface area contributed by atoms with Crippen molar-refractivity contribution < 1.29 is 9.84 Å². The zero-order valence-electron chi connectivity index (χ0n) is 9.20. The molecule has 1 heterocycles. The number of rotatable bonds is 4. The average Bonchev–Trinajstić information content (AvgIpc) is 2.19. The summed E-state index contributed by atoms with van der Waals surface area (Å²) < 4.78 is 5.29. The number of morpholine rings is 1. The van der Waals surface area contributed by atoms with E-state index in [4.69, 9.17) is 4.74 Å². The van der Waals surface area contributed by atoms with E-state index in [0.29, 0.717) is 6.42 Å². The molecule has 1 fully saturated rings. The second-order valence-electron chi connectivity index (χ2n) is 4.29. The van der Waals surface area contributed by atoms with E-state index in [0.717, 1.165) is 26.3 Å². The first-order valence-corrected chi connectivity index (χ1v) is 5.21. The van der Waals surface area contributed by atoms with Crippen LogP contribution >= 0.6 is 0 Å². The van der Waals surface area contributed by atoms with Gasteiger partial charge in [-0.2, -0.15) is 0 Å². The molecule has 1 aliphatic heterocycles. The lowest BCUT2D eigenvalue weighted by molar-refractivity contribution is -0.0604. The highest BCUT2D eigenvalue weighted by atomic mass is 16.5. The predicted molar refractivity (Wildman–Crippen MR) is 57.3 cm³/mol. The van der Waals surface area contributed by atoms with Crippen LogP contribution in [0.1, 0.15) is 20.3 Å². The van der Waals surface area contributed by atoms with Crippen LogP contribution in [0.15, 0.2) is 12.7 Å². The fraction of sp³-hybridized carbons (Fsp3) is 0.818. The van der Waals surface area contributed by atoms with E-state index in [2.05, 4.69) is 25.3 Å². The number of ether oxygens (including phenoxy) is 1. The van der Waals surface area contributed by atoms with Gasteiger partial charge in [-0.15, -0.1) is 6.58 Å². The second-order valence-corrected chi connectivity index (χ2v) is 4.29. The Kier molecular flexibility index (Phi) is 4.11. The van der Waals surface area contributed by atoms with Gasteiger partial charge < -0.3 is 9.84 Å². The molecule has 1 unspecified atom stereocenters. The zero-order valence-corrected chi connectivity index (χ0v) is 9.20. The molecule has 1 N–H and O–H groups in total. The van der Waals surface area contributed by atoms with Crippen molar-refractivity contribution in [2.45, 2.75) is 31.9 Å². The number of aliphatic hydroxyl groups is 1. The summed E-state index contributed by atoms with van der Waals surface area (Å²) >= 11 is 0.